The van der Waals surface area contributed by atoms with E-state index in [1.165, 1.54) is 11.3 Å². The molecule has 2 aromatic rings. The highest BCUT2D eigenvalue weighted by Gasteiger charge is 2.13. The first kappa shape index (κ1) is 12.6. The van der Waals surface area contributed by atoms with Gasteiger partial charge in [0.15, 0.2) is 5.13 Å². The van der Waals surface area contributed by atoms with E-state index >= 15 is 0 Å². The summed E-state index contributed by atoms with van der Waals surface area (Å²) in [6, 6.07) is 4.95. The molecule has 0 aliphatic rings. The fourth-order valence-electron chi connectivity index (χ4n) is 1.52. The summed E-state index contributed by atoms with van der Waals surface area (Å²) in [5.41, 5.74) is 2.07. The lowest BCUT2D eigenvalue weighted by atomic mass is 10.1. The zero-order chi connectivity index (χ0) is 13.3. The molecule has 0 bridgehead atoms. The Morgan fingerprint density at radius 1 is 1.33 bits per heavy atom. The third kappa shape index (κ3) is 2.51. The topological polar surface area (TPSA) is 62.2 Å². The lowest BCUT2D eigenvalue weighted by Crippen LogP contribution is -2.11. The molecular weight excluding hydrogens is 248 g/mol. The number of aryl methyl sites for hydroxylation is 3. The Hall–Kier alpha value is -1.88. The predicted molar refractivity (Wildman–Crippen MR) is 72.4 cm³/mol. The number of aromatic nitrogens is 1. The van der Waals surface area contributed by atoms with Gasteiger partial charge in [0.25, 0.3) is 5.91 Å². The normalized spacial score (nSPS) is 10.4. The van der Waals surface area contributed by atoms with E-state index in [4.69, 9.17) is 0 Å². The maximum atomic E-state index is 12.0. The molecule has 0 saturated carbocycles. The van der Waals surface area contributed by atoms with Gasteiger partial charge in [-0.05, 0) is 38.5 Å². The lowest BCUT2D eigenvalue weighted by Gasteiger charge is -2.04. The summed E-state index contributed by atoms with van der Waals surface area (Å²) in [7, 11) is 0. The van der Waals surface area contributed by atoms with Crippen molar-refractivity contribution < 1.29 is 9.90 Å². The van der Waals surface area contributed by atoms with Crippen molar-refractivity contribution in [2.45, 2.75) is 20.8 Å². The van der Waals surface area contributed by atoms with E-state index in [-0.39, 0.29) is 17.2 Å². The molecule has 4 nitrogen and oxygen atoms in total. The summed E-state index contributed by atoms with van der Waals surface area (Å²) in [6.07, 6.45) is 0. The van der Waals surface area contributed by atoms with Gasteiger partial charge in [-0.25, -0.2) is 4.98 Å². The molecule has 0 aliphatic carbocycles. The predicted octanol–water partition coefficient (Wildman–Crippen LogP) is 3.03. The van der Waals surface area contributed by atoms with Crippen LogP contribution in [0.3, 0.4) is 0 Å². The molecule has 0 aliphatic heterocycles. The number of nitrogens with one attached hydrogen (secondary N) is 1. The molecule has 0 saturated heterocycles. The van der Waals surface area contributed by atoms with Crippen LogP contribution in [-0.4, -0.2) is 16.0 Å². The maximum Gasteiger partial charge on any atom is 0.261 e. The minimum Gasteiger partial charge on any atom is -0.507 e. The minimum absolute atomic E-state index is 0.0162. The molecule has 0 fully saturated rings. The van der Waals surface area contributed by atoms with Crippen LogP contribution < -0.4 is 5.32 Å². The second-order valence-electron chi connectivity index (χ2n) is 4.14. The second kappa shape index (κ2) is 4.78. The number of benzene rings is 1. The zero-order valence-corrected chi connectivity index (χ0v) is 11.3. The molecule has 94 valence electrons. The van der Waals surface area contributed by atoms with Crippen molar-refractivity contribution in [2.75, 3.05) is 5.32 Å². The van der Waals surface area contributed by atoms with Gasteiger partial charge in [0.05, 0.1) is 11.3 Å². The van der Waals surface area contributed by atoms with Gasteiger partial charge in [0.2, 0.25) is 0 Å². The number of nitrogens with zero attached hydrogens (tertiary/aromatic N) is 1. The van der Waals surface area contributed by atoms with Gasteiger partial charge in [0, 0.05) is 4.88 Å². The fourth-order valence-corrected chi connectivity index (χ4v) is 2.33. The number of aromatic hydroxyl groups is 1. The van der Waals surface area contributed by atoms with Crippen molar-refractivity contribution in [2.24, 2.45) is 0 Å². The van der Waals surface area contributed by atoms with E-state index in [2.05, 4.69) is 10.3 Å². The van der Waals surface area contributed by atoms with Crippen LogP contribution in [0, 0.1) is 20.8 Å². The van der Waals surface area contributed by atoms with E-state index in [1.54, 1.807) is 18.2 Å². The van der Waals surface area contributed by atoms with Gasteiger partial charge in [-0.1, -0.05) is 6.07 Å². The quantitative estimate of drug-likeness (QED) is 0.874. The third-order valence-corrected chi connectivity index (χ3v) is 3.64. The van der Waals surface area contributed by atoms with Gasteiger partial charge in [0.1, 0.15) is 5.75 Å². The summed E-state index contributed by atoms with van der Waals surface area (Å²) in [5.74, 6) is -0.362. The van der Waals surface area contributed by atoms with E-state index in [1.807, 2.05) is 20.8 Å². The third-order valence-electron chi connectivity index (χ3n) is 2.65. The summed E-state index contributed by atoms with van der Waals surface area (Å²) < 4.78 is 0. The van der Waals surface area contributed by atoms with Crippen LogP contribution in [0.2, 0.25) is 0 Å². The molecule has 0 atom stereocenters. The number of rotatable bonds is 2. The molecule has 2 rings (SSSR count). The first-order valence-corrected chi connectivity index (χ1v) is 6.34. The molecule has 0 spiro atoms. The van der Waals surface area contributed by atoms with Crippen molar-refractivity contribution in [3.8, 4) is 5.75 Å². The molecule has 0 radical (unpaired) electrons. The Labute approximate surface area is 109 Å². The summed E-state index contributed by atoms with van der Waals surface area (Å²) in [4.78, 5) is 17.3. The Morgan fingerprint density at radius 3 is 2.61 bits per heavy atom. The highest BCUT2D eigenvalue weighted by Crippen LogP contribution is 2.24. The molecular formula is C13H14N2O2S. The van der Waals surface area contributed by atoms with E-state index in [9.17, 15) is 9.90 Å². The standard InChI is InChI=1S/C13H14N2O2S/c1-7-4-5-10(11(16)6-7)12(17)15-13-14-8(2)9(3)18-13/h4-6,16H,1-3H3,(H,14,15,17). The number of amides is 1. The lowest BCUT2D eigenvalue weighted by molar-refractivity contribution is 0.102. The highest BCUT2D eigenvalue weighted by atomic mass is 32.1. The number of carbonyl (C=O) groups excluding carboxylic acids is 1. The minimum atomic E-state index is -0.346. The number of phenolic OH excluding ortho intramolecular Hbond substituents is 1. The van der Waals surface area contributed by atoms with Crippen LogP contribution in [0.25, 0.3) is 0 Å². The van der Waals surface area contributed by atoms with Crippen molar-refractivity contribution in [3.05, 3.63) is 39.9 Å². The SMILES string of the molecule is Cc1ccc(C(=O)Nc2nc(C)c(C)s2)c(O)c1. The van der Waals surface area contributed by atoms with Crippen LogP contribution in [0.4, 0.5) is 5.13 Å². The smallest absolute Gasteiger partial charge is 0.261 e. The van der Waals surface area contributed by atoms with Crippen LogP contribution in [-0.2, 0) is 0 Å². The first-order valence-electron chi connectivity index (χ1n) is 5.52. The average molecular weight is 262 g/mol. The number of anilines is 1. The van der Waals surface area contributed by atoms with Gasteiger partial charge in [-0.3, -0.25) is 10.1 Å². The number of phenols is 1. The van der Waals surface area contributed by atoms with Crippen molar-refractivity contribution >= 4 is 22.4 Å². The monoisotopic (exact) mass is 262 g/mol. The van der Waals surface area contributed by atoms with E-state index in [0.29, 0.717) is 5.13 Å². The molecule has 5 heteroatoms. The Morgan fingerprint density at radius 2 is 2.06 bits per heavy atom. The number of hydrogen-bond acceptors (Lipinski definition) is 4. The van der Waals surface area contributed by atoms with Crippen LogP contribution in [0.1, 0.15) is 26.5 Å². The number of carbonyl (C=O) groups is 1. The number of thiazole rings is 1. The molecule has 1 aromatic heterocycles. The van der Waals surface area contributed by atoms with Crippen LogP contribution in [0.15, 0.2) is 18.2 Å². The van der Waals surface area contributed by atoms with Gasteiger partial charge in [-0.15, -0.1) is 11.3 Å². The molecule has 1 heterocycles. The molecule has 18 heavy (non-hydrogen) atoms. The largest absolute Gasteiger partial charge is 0.507 e. The van der Waals surface area contributed by atoms with E-state index in [0.717, 1.165) is 16.1 Å². The van der Waals surface area contributed by atoms with Crippen molar-refractivity contribution in [3.63, 3.8) is 0 Å². The van der Waals surface area contributed by atoms with Gasteiger partial charge < -0.3 is 5.11 Å². The molecule has 0 unspecified atom stereocenters. The summed E-state index contributed by atoms with van der Waals surface area (Å²) in [6.45, 7) is 5.70. The van der Waals surface area contributed by atoms with Crippen molar-refractivity contribution in [1.82, 2.24) is 4.98 Å². The second-order valence-corrected chi connectivity index (χ2v) is 5.34. The Balaban J connectivity index is 2.22. The fraction of sp³-hybridized carbons (Fsp3) is 0.231. The van der Waals surface area contributed by atoms with Crippen molar-refractivity contribution in [1.29, 1.82) is 0 Å². The average Bonchev–Trinajstić information content (AvgIpc) is 2.57. The molecule has 2 N–H and O–H groups in total. The van der Waals surface area contributed by atoms with Crippen LogP contribution in [0.5, 0.6) is 5.75 Å². The highest BCUT2D eigenvalue weighted by molar-refractivity contribution is 7.15. The summed E-state index contributed by atoms with van der Waals surface area (Å²) >= 11 is 1.42. The van der Waals surface area contributed by atoms with Gasteiger partial charge in [-0.2, -0.15) is 0 Å². The molecule has 1 amide bonds. The number of hydrogen-bond donors (Lipinski definition) is 2. The molecule has 1 aromatic carbocycles. The summed E-state index contributed by atoms with van der Waals surface area (Å²) in [5, 5.41) is 13.0. The maximum absolute atomic E-state index is 12.0. The van der Waals surface area contributed by atoms with Crippen LogP contribution >= 0.6 is 11.3 Å². The first-order chi connectivity index (χ1) is 8.47. The van der Waals surface area contributed by atoms with Gasteiger partial charge >= 0.3 is 0 Å². The zero-order valence-electron chi connectivity index (χ0n) is 10.4. The Bertz CT molecular complexity index is 586. The van der Waals surface area contributed by atoms with E-state index < -0.39 is 0 Å². The Kier molecular flexibility index (Phi) is 3.34.